The van der Waals surface area contributed by atoms with Crippen molar-refractivity contribution in [3.05, 3.63) is 0 Å². The van der Waals surface area contributed by atoms with Gasteiger partial charge in [0.25, 0.3) is 0 Å². The molecule has 1 rings (SSSR count). The maximum Gasteiger partial charge on any atom is 0.100 e. The van der Waals surface area contributed by atoms with E-state index in [1.807, 2.05) is 0 Å². The molecule has 1 fully saturated rings. The zero-order valence-corrected chi connectivity index (χ0v) is 8.90. The maximum absolute atomic E-state index is 13.1. The van der Waals surface area contributed by atoms with Gasteiger partial charge < -0.3 is 0 Å². The van der Waals surface area contributed by atoms with E-state index in [4.69, 9.17) is 0 Å². The van der Waals surface area contributed by atoms with Crippen molar-refractivity contribution in [3.63, 3.8) is 0 Å². The molecule has 0 spiro atoms. The average Bonchev–Trinajstić information content (AvgIpc) is 2.57. The molecule has 0 aromatic heterocycles. The number of rotatable bonds is 6. The highest BCUT2D eigenvalue weighted by molar-refractivity contribution is 4.68. The molecule has 0 radical (unpaired) electrons. The number of hydrogen-bond acceptors (Lipinski definition) is 0. The monoisotopic (exact) mass is 186 g/mol. The first-order valence-corrected chi connectivity index (χ1v) is 5.97. The Morgan fingerprint density at radius 1 is 1.23 bits per heavy atom. The SMILES string of the molecule is CCCC(F)CCCC1CCCC1. The van der Waals surface area contributed by atoms with Crippen LogP contribution in [-0.4, -0.2) is 6.17 Å². The highest BCUT2D eigenvalue weighted by Crippen LogP contribution is 2.29. The Morgan fingerprint density at radius 3 is 2.54 bits per heavy atom. The first kappa shape index (κ1) is 11.0. The number of hydrogen-bond donors (Lipinski definition) is 0. The van der Waals surface area contributed by atoms with Crippen LogP contribution in [0.15, 0.2) is 0 Å². The Bertz CT molecular complexity index is 116. The summed E-state index contributed by atoms with van der Waals surface area (Å²) >= 11 is 0. The van der Waals surface area contributed by atoms with Crippen molar-refractivity contribution >= 4 is 0 Å². The fraction of sp³-hybridized carbons (Fsp3) is 1.00. The number of halogens is 1. The van der Waals surface area contributed by atoms with Gasteiger partial charge in [-0.3, -0.25) is 0 Å². The largest absolute Gasteiger partial charge is 0.247 e. The molecule has 1 saturated carbocycles. The third-order valence-electron chi connectivity index (χ3n) is 3.21. The lowest BCUT2D eigenvalue weighted by Crippen LogP contribution is -2.01. The van der Waals surface area contributed by atoms with Gasteiger partial charge in [0.15, 0.2) is 0 Å². The summed E-state index contributed by atoms with van der Waals surface area (Å²) < 4.78 is 13.1. The van der Waals surface area contributed by atoms with Crippen LogP contribution in [0.1, 0.15) is 64.7 Å². The molecule has 1 atom stereocenters. The Balaban J connectivity index is 1.93. The summed E-state index contributed by atoms with van der Waals surface area (Å²) in [5, 5.41) is 0. The molecule has 0 bridgehead atoms. The average molecular weight is 186 g/mol. The number of alkyl halides is 1. The molecule has 0 aromatic carbocycles. The molecule has 13 heavy (non-hydrogen) atoms. The molecular formula is C12H23F. The Hall–Kier alpha value is -0.0700. The van der Waals surface area contributed by atoms with Crippen molar-refractivity contribution in [2.24, 2.45) is 5.92 Å². The molecule has 0 aliphatic heterocycles. The molecular weight excluding hydrogens is 163 g/mol. The van der Waals surface area contributed by atoms with Crippen molar-refractivity contribution in [1.29, 1.82) is 0 Å². The smallest absolute Gasteiger partial charge is 0.100 e. The summed E-state index contributed by atoms with van der Waals surface area (Å²) in [6, 6.07) is 0. The fourth-order valence-corrected chi connectivity index (χ4v) is 2.38. The van der Waals surface area contributed by atoms with Crippen LogP contribution >= 0.6 is 0 Å². The van der Waals surface area contributed by atoms with Crippen LogP contribution in [0.3, 0.4) is 0 Å². The van der Waals surface area contributed by atoms with Gasteiger partial charge >= 0.3 is 0 Å². The van der Waals surface area contributed by atoms with Crippen LogP contribution < -0.4 is 0 Å². The van der Waals surface area contributed by atoms with Crippen molar-refractivity contribution in [3.8, 4) is 0 Å². The zero-order valence-electron chi connectivity index (χ0n) is 8.90. The second-order valence-corrected chi connectivity index (χ2v) is 4.47. The van der Waals surface area contributed by atoms with E-state index in [1.54, 1.807) is 0 Å². The van der Waals surface area contributed by atoms with Gasteiger partial charge in [0.05, 0.1) is 0 Å². The van der Waals surface area contributed by atoms with Gasteiger partial charge in [-0.05, 0) is 18.8 Å². The molecule has 0 nitrogen and oxygen atoms in total. The van der Waals surface area contributed by atoms with Crippen LogP contribution in [0.4, 0.5) is 4.39 Å². The molecule has 0 aromatic rings. The van der Waals surface area contributed by atoms with Gasteiger partial charge in [-0.1, -0.05) is 51.9 Å². The summed E-state index contributed by atoms with van der Waals surface area (Å²) in [6.45, 7) is 2.06. The molecule has 1 aliphatic rings. The van der Waals surface area contributed by atoms with Crippen LogP contribution in [0.25, 0.3) is 0 Å². The predicted octanol–water partition coefficient (Wildman–Crippen LogP) is 4.49. The van der Waals surface area contributed by atoms with Crippen molar-refractivity contribution in [2.75, 3.05) is 0 Å². The first-order valence-electron chi connectivity index (χ1n) is 5.97. The summed E-state index contributed by atoms with van der Waals surface area (Å²) in [5.41, 5.74) is 0. The van der Waals surface area contributed by atoms with Gasteiger partial charge in [-0.2, -0.15) is 0 Å². The second-order valence-electron chi connectivity index (χ2n) is 4.47. The highest BCUT2D eigenvalue weighted by atomic mass is 19.1. The minimum absolute atomic E-state index is 0.522. The third-order valence-corrected chi connectivity index (χ3v) is 3.21. The van der Waals surface area contributed by atoms with E-state index in [1.165, 1.54) is 32.1 Å². The molecule has 1 unspecified atom stereocenters. The minimum Gasteiger partial charge on any atom is -0.247 e. The van der Waals surface area contributed by atoms with Crippen LogP contribution in [-0.2, 0) is 0 Å². The molecule has 0 saturated heterocycles. The van der Waals surface area contributed by atoms with E-state index in [-0.39, 0.29) is 0 Å². The fourth-order valence-electron chi connectivity index (χ4n) is 2.38. The van der Waals surface area contributed by atoms with Gasteiger partial charge in [-0.25, -0.2) is 4.39 Å². The van der Waals surface area contributed by atoms with Crippen LogP contribution in [0.5, 0.6) is 0 Å². The summed E-state index contributed by atoms with van der Waals surface area (Å²) in [7, 11) is 0. The van der Waals surface area contributed by atoms with Crippen molar-refractivity contribution in [2.45, 2.75) is 70.9 Å². The molecule has 0 heterocycles. The maximum atomic E-state index is 13.1. The molecule has 1 heteroatoms. The minimum atomic E-state index is -0.522. The van der Waals surface area contributed by atoms with Gasteiger partial charge in [0.2, 0.25) is 0 Å². The highest BCUT2D eigenvalue weighted by Gasteiger charge is 2.15. The molecule has 78 valence electrons. The summed E-state index contributed by atoms with van der Waals surface area (Å²) in [6.07, 6.45) is 10.1. The normalized spacial score (nSPS) is 20.8. The first-order chi connectivity index (χ1) is 6.33. The van der Waals surface area contributed by atoms with E-state index >= 15 is 0 Å². The van der Waals surface area contributed by atoms with E-state index in [0.29, 0.717) is 0 Å². The second kappa shape index (κ2) is 6.39. The lowest BCUT2D eigenvalue weighted by atomic mass is 9.99. The van der Waals surface area contributed by atoms with Crippen LogP contribution in [0, 0.1) is 5.92 Å². The van der Waals surface area contributed by atoms with Crippen molar-refractivity contribution in [1.82, 2.24) is 0 Å². The Morgan fingerprint density at radius 2 is 1.92 bits per heavy atom. The van der Waals surface area contributed by atoms with E-state index in [9.17, 15) is 4.39 Å². The van der Waals surface area contributed by atoms with Gasteiger partial charge in [-0.15, -0.1) is 0 Å². The Labute approximate surface area is 81.9 Å². The van der Waals surface area contributed by atoms with Gasteiger partial charge in [0.1, 0.15) is 6.17 Å². The van der Waals surface area contributed by atoms with E-state index in [2.05, 4.69) is 6.92 Å². The van der Waals surface area contributed by atoms with E-state index < -0.39 is 6.17 Å². The molecule has 0 amide bonds. The quantitative estimate of drug-likeness (QED) is 0.573. The van der Waals surface area contributed by atoms with Crippen molar-refractivity contribution < 1.29 is 4.39 Å². The predicted molar refractivity (Wildman–Crippen MR) is 55.6 cm³/mol. The topological polar surface area (TPSA) is 0 Å². The standard InChI is InChI=1S/C12H23F/c1-2-6-12(13)10-5-9-11-7-3-4-8-11/h11-12H,2-10H2,1H3. The summed E-state index contributed by atoms with van der Waals surface area (Å²) in [5.74, 6) is 0.939. The van der Waals surface area contributed by atoms with Gasteiger partial charge in [0, 0.05) is 0 Å². The summed E-state index contributed by atoms with van der Waals surface area (Å²) in [4.78, 5) is 0. The van der Waals surface area contributed by atoms with Crippen LogP contribution in [0.2, 0.25) is 0 Å². The third kappa shape index (κ3) is 4.64. The van der Waals surface area contributed by atoms with E-state index in [0.717, 1.165) is 31.6 Å². The lowest BCUT2D eigenvalue weighted by molar-refractivity contribution is 0.279. The molecule has 1 aliphatic carbocycles. The zero-order chi connectivity index (χ0) is 9.52. The molecule has 0 N–H and O–H groups in total. The lowest BCUT2D eigenvalue weighted by Gasteiger charge is -2.10. The Kier molecular flexibility index (Phi) is 5.41.